The molecular formula is C12H15BN2O3. The Balaban J connectivity index is 1.94. The molecule has 2 rings (SSSR count). The molecule has 94 valence electrons. The van der Waals surface area contributed by atoms with Gasteiger partial charge in [-0.1, -0.05) is 18.2 Å². The number of hydrogen-bond acceptors (Lipinski definition) is 4. The average molecular weight is 246 g/mol. The minimum Gasteiger partial charge on any atom is -0.494 e. The Morgan fingerprint density at radius 1 is 1.33 bits per heavy atom. The van der Waals surface area contributed by atoms with E-state index < -0.39 is 7.12 Å². The normalized spacial score (nSPS) is 10.4. The van der Waals surface area contributed by atoms with Crippen LogP contribution >= 0.6 is 0 Å². The fourth-order valence-corrected chi connectivity index (χ4v) is 1.71. The Bertz CT molecular complexity index is 514. The van der Waals surface area contributed by atoms with E-state index in [1.54, 1.807) is 35.1 Å². The lowest BCUT2D eigenvalue weighted by Gasteiger charge is -2.10. The molecule has 1 aromatic heterocycles. The maximum atomic E-state index is 9.19. The molecule has 0 aliphatic carbocycles. The van der Waals surface area contributed by atoms with Gasteiger partial charge in [-0.2, -0.15) is 5.10 Å². The number of nitrogens with zero attached hydrogens (tertiary/aromatic N) is 2. The van der Waals surface area contributed by atoms with Crippen molar-refractivity contribution in [2.45, 2.75) is 6.42 Å². The van der Waals surface area contributed by atoms with Crippen molar-refractivity contribution in [1.82, 2.24) is 9.78 Å². The predicted molar refractivity (Wildman–Crippen MR) is 68.7 cm³/mol. The van der Waals surface area contributed by atoms with E-state index in [1.165, 1.54) is 0 Å². The highest BCUT2D eigenvalue weighted by Crippen LogP contribution is 2.08. The molecule has 0 amide bonds. The first kappa shape index (κ1) is 12.7. The highest BCUT2D eigenvalue weighted by atomic mass is 16.5. The topological polar surface area (TPSA) is 67.5 Å². The van der Waals surface area contributed by atoms with Gasteiger partial charge in [0.25, 0.3) is 0 Å². The van der Waals surface area contributed by atoms with Gasteiger partial charge >= 0.3 is 7.12 Å². The molecule has 5 nitrogen and oxygen atoms in total. The lowest BCUT2D eigenvalue weighted by Crippen LogP contribution is -2.31. The van der Waals surface area contributed by atoms with E-state index in [0.29, 0.717) is 17.8 Å². The van der Waals surface area contributed by atoms with Crippen molar-refractivity contribution in [3.63, 3.8) is 0 Å². The van der Waals surface area contributed by atoms with Crippen LogP contribution in [0.1, 0.15) is 5.56 Å². The molecule has 0 saturated heterocycles. The zero-order chi connectivity index (χ0) is 13.0. The zero-order valence-corrected chi connectivity index (χ0v) is 10.2. The summed E-state index contributed by atoms with van der Waals surface area (Å²) in [4.78, 5) is 0. The number of ether oxygens (including phenoxy) is 1. The second-order valence-electron chi connectivity index (χ2n) is 4.03. The Hall–Kier alpha value is -1.79. The summed E-state index contributed by atoms with van der Waals surface area (Å²) in [5.41, 5.74) is 1.46. The van der Waals surface area contributed by atoms with E-state index in [9.17, 15) is 10.0 Å². The van der Waals surface area contributed by atoms with Crippen LogP contribution in [0.25, 0.3) is 0 Å². The predicted octanol–water partition coefficient (Wildman–Crippen LogP) is -0.279. The monoisotopic (exact) mass is 246 g/mol. The fourth-order valence-electron chi connectivity index (χ4n) is 1.71. The van der Waals surface area contributed by atoms with Gasteiger partial charge in [-0.05, 0) is 11.6 Å². The number of aromatic nitrogens is 2. The minimum absolute atomic E-state index is 0.378. The molecule has 0 saturated carbocycles. The lowest BCUT2D eigenvalue weighted by molar-refractivity contribution is 0.322. The van der Waals surface area contributed by atoms with Crippen molar-refractivity contribution in [2.75, 3.05) is 6.61 Å². The van der Waals surface area contributed by atoms with Gasteiger partial charge in [0.05, 0.1) is 12.8 Å². The van der Waals surface area contributed by atoms with Crippen LogP contribution in [0.5, 0.6) is 5.75 Å². The van der Waals surface area contributed by atoms with Crippen molar-refractivity contribution in [2.24, 2.45) is 7.05 Å². The van der Waals surface area contributed by atoms with Crippen molar-refractivity contribution < 1.29 is 14.8 Å². The van der Waals surface area contributed by atoms with Crippen molar-refractivity contribution in [1.29, 1.82) is 0 Å². The number of hydrogen-bond donors (Lipinski definition) is 2. The van der Waals surface area contributed by atoms with Crippen molar-refractivity contribution >= 4 is 12.6 Å². The van der Waals surface area contributed by atoms with E-state index in [-0.39, 0.29) is 0 Å². The highest BCUT2D eigenvalue weighted by molar-refractivity contribution is 6.59. The van der Waals surface area contributed by atoms with Gasteiger partial charge in [-0.15, -0.1) is 0 Å². The second-order valence-corrected chi connectivity index (χ2v) is 4.03. The number of para-hydroxylation sites is 1. The summed E-state index contributed by atoms with van der Waals surface area (Å²) >= 11 is 0. The summed E-state index contributed by atoms with van der Waals surface area (Å²) in [6, 6.07) is 6.89. The molecule has 0 aliphatic heterocycles. The van der Waals surface area contributed by atoms with Crippen molar-refractivity contribution in [3.8, 4) is 5.75 Å². The van der Waals surface area contributed by atoms with E-state index in [0.717, 1.165) is 12.0 Å². The summed E-state index contributed by atoms with van der Waals surface area (Å²) in [5, 5.41) is 22.4. The molecule has 0 bridgehead atoms. The molecule has 2 aromatic rings. The quantitative estimate of drug-likeness (QED) is 0.712. The summed E-state index contributed by atoms with van der Waals surface area (Å²) in [6.07, 6.45) is 4.44. The fraction of sp³-hybridized carbons (Fsp3) is 0.250. The largest absolute Gasteiger partial charge is 0.494 e. The van der Waals surface area contributed by atoms with Crippen LogP contribution in [0, 0.1) is 0 Å². The van der Waals surface area contributed by atoms with Gasteiger partial charge < -0.3 is 14.8 Å². The molecule has 2 N–H and O–H groups in total. The molecule has 6 heteroatoms. The Labute approximate surface area is 106 Å². The van der Waals surface area contributed by atoms with Crippen molar-refractivity contribution in [3.05, 3.63) is 42.2 Å². The molecule has 0 aliphatic rings. The Morgan fingerprint density at radius 2 is 2.11 bits per heavy atom. The summed E-state index contributed by atoms with van der Waals surface area (Å²) in [7, 11) is 0.349. The molecule has 1 aromatic carbocycles. The third kappa shape index (κ3) is 3.12. The Kier molecular flexibility index (Phi) is 4.01. The van der Waals surface area contributed by atoms with Crippen LogP contribution in [0.2, 0.25) is 0 Å². The maximum absolute atomic E-state index is 9.19. The van der Waals surface area contributed by atoms with E-state index in [4.69, 9.17) is 4.74 Å². The molecule has 0 spiro atoms. The molecular weight excluding hydrogens is 231 g/mol. The first-order valence-corrected chi connectivity index (χ1v) is 5.72. The average Bonchev–Trinajstić information content (AvgIpc) is 2.75. The first-order valence-electron chi connectivity index (χ1n) is 5.72. The van der Waals surface area contributed by atoms with E-state index in [1.807, 2.05) is 13.2 Å². The minimum atomic E-state index is -1.51. The second kappa shape index (κ2) is 5.70. The third-order valence-electron chi connectivity index (χ3n) is 2.60. The summed E-state index contributed by atoms with van der Waals surface area (Å²) in [5.74, 6) is 0.497. The molecule has 0 fully saturated rings. The Morgan fingerprint density at radius 3 is 2.78 bits per heavy atom. The number of rotatable bonds is 5. The third-order valence-corrected chi connectivity index (χ3v) is 2.60. The molecule has 1 heterocycles. The molecule has 0 radical (unpaired) electrons. The van der Waals surface area contributed by atoms with Crippen LogP contribution < -0.4 is 10.2 Å². The van der Waals surface area contributed by atoms with Gasteiger partial charge in [-0.3, -0.25) is 4.68 Å². The maximum Gasteiger partial charge on any atom is 0.492 e. The molecule has 0 unspecified atom stereocenters. The van der Waals surface area contributed by atoms with Gasteiger partial charge in [0.2, 0.25) is 0 Å². The summed E-state index contributed by atoms with van der Waals surface area (Å²) < 4.78 is 7.29. The van der Waals surface area contributed by atoms with E-state index in [2.05, 4.69) is 5.10 Å². The van der Waals surface area contributed by atoms with Crippen LogP contribution in [-0.2, 0) is 13.5 Å². The van der Waals surface area contributed by atoms with Gasteiger partial charge in [0.1, 0.15) is 5.75 Å². The van der Waals surface area contributed by atoms with Crippen LogP contribution in [0.15, 0.2) is 36.7 Å². The van der Waals surface area contributed by atoms with Gasteiger partial charge in [-0.25, -0.2) is 0 Å². The SMILES string of the molecule is Cn1cc(CCOc2ccccc2B(O)O)cn1. The summed E-state index contributed by atoms with van der Waals surface area (Å²) in [6.45, 7) is 0.468. The van der Waals surface area contributed by atoms with E-state index >= 15 is 0 Å². The van der Waals surface area contributed by atoms with Crippen LogP contribution in [0.4, 0.5) is 0 Å². The van der Waals surface area contributed by atoms with Gasteiger partial charge in [0.15, 0.2) is 0 Å². The smallest absolute Gasteiger partial charge is 0.492 e. The molecule has 18 heavy (non-hydrogen) atoms. The molecule has 0 atom stereocenters. The standard InChI is InChI=1S/C12H15BN2O3/c1-15-9-10(8-14-15)6-7-18-12-5-3-2-4-11(12)13(16)17/h2-5,8-9,16-17H,6-7H2,1H3. The van der Waals surface area contributed by atoms with Crippen LogP contribution in [0.3, 0.4) is 0 Å². The zero-order valence-electron chi connectivity index (χ0n) is 10.2. The van der Waals surface area contributed by atoms with Crippen LogP contribution in [-0.4, -0.2) is 33.6 Å². The first-order chi connectivity index (χ1) is 8.66. The highest BCUT2D eigenvalue weighted by Gasteiger charge is 2.16. The van der Waals surface area contributed by atoms with Gasteiger partial charge in [0, 0.05) is 25.1 Å². The number of aryl methyl sites for hydroxylation is 1. The lowest BCUT2D eigenvalue weighted by atomic mass is 9.79. The number of benzene rings is 1.